The summed E-state index contributed by atoms with van der Waals surface area (Å²) in [7, 11) is 0. The molecule has 1 aliphatic carbocycles. The molecular weight excluding hydrogens is 809 g/mol. The topological polar surface area (TPSA) is 8.17 Å². The van der Waals surface area contributed by atoms with E-state index in [2.05, 4.69) is 266 Å². The molecule has 316 valence electrons. The summed E-state index contributed by atoms with van der Waals surface area (Å²) in [6.45, 7) is 4.71. The quantitative estimate of drug-likeness (QED) is 0.145. The Morgan fingerprint density at radius 3 is 1.75 bits per heavy atom. The summed E-state index contributed by atoms with van der Waals surface area (Å²) < 4.78 is 2.37. The highest BCUT2D eigenvalue weighted by Crippen LogP contribution is 2.50. The van der Waals surface area contributed by atoms with Crippen LogP contribution in [-0.2, 0) is 5.41 Å². The summed E-state index contributed by atoms with van der Waals surface area (Å²) in [6, 6.07) is 89.4. The number of aromatic nitrogens is 1. The third-order valence-corrected chi connectivity index (χ3v) is 14.4. The lowest BCUT2D eigenvalue weighted by Gasteiger charge is -2.27. The number of hydrogen-bond donors (Lipinski definition) is 0. The van der Waals surface area contributed by atoms with Crippen LogP contribution >= 0.6 is 0 Å². The van der Waals surface area contributed by atoms with E-state index in [-0.39, 0.29) is 5.41 Å². The van der Waals surface area contributed by atoms with Crippen LogP contribution in [0.4, 0.5) is 17.1 Å². The van der Waals surface area contributed by atoms with E-state index in [9.17, 15) is 0 Å². The SMILES string of the molecule is CC1(C)c2ccccc2-c2ccc(-c3cccc(N(c4ccc(-c5ccc6c(c5)c5ccccc5n6-c5ccccc5)cc4)c4ccc(-c5cccc6c5ccc5ccccc56)cc4)c3)cc21. The van der Waals surface area contributed by atoms with Crippen molar-refractivity contribution in [1.82, 2.24) is 4.57 Å². The maximum Gasteiger partial charge on any atom is 0.0541 e. The van der Waals surface area contributed by atoms with E-state index in [0.717, 1.165) is 17.1 Å². The van der Waals surface area contributed by atoms with Gasteiger partial charge in [-0.2, -0.15) is 0 Å². The Balaban J connectivity index is 0.908. The number of nitrogens with zero attached hydrogens (tertiary/aromatic N) is 2. The molecule has 0 aliphatic heterocycles. The van der Waals surface area contributed by atoms with Crippen molar-refractivity contribution < 1.29 is 0 Å². The molecule has 2 nitrogen and oxygen atoms in total. The van der Waals surface area contributed by atoms with E-state index in [1.165, 1.54) is 105 Å². The van der Waals surface area contributed by atoms with Crippen LogP contribution < -0.4 is 4.90 Å². The fourth-order valence-corrected chi connectivity index (χ4v) is 11.0. The van der Waals surface area contributed by atoms with Crippen LogP contribution in [0, 0.1) is 0 Å². The molecule has 0 saturated heterocycles. The van der Waals surface area contributed by atoms with Crippen molar-refractivity contribution >= 4 is 60.4 Å². The molecule has 2 heteroatoms. The van der Waals surface area contributed by atoms with Gasteiger partial charge in [-0.1, -0.05) is 184 Å². The standard InChI is InChI=1S/C65H46N2/c1-65(2)61-24-10-8-20-57(61)58-38-31-48(42-62(58)65)46-15-12-18-52(40-46)66(51-35-28-45(29-36-51)54-22-13-23-55-53-19-7-6-14-44(53)30-37-56(54)55)50-33-26-43(27-34-50)47-32-39-64-60(41-47)59-21-9-11-25-63(59)67(64)49-16-4-3-5-17-49/h3-42H,1-2H3. The second-order valence-corrected chi connectivity index (χ2v) is 18.5. The number of fused-ring (bicyclic) bond motifs is 9. The molecule has 0 bridgehead atoms. The molecule has 13 rings (SSSR count). The van der Waals surface area contributed by atoms with E-state index in [0.29, 0.717) is 0 Å². The molecule has 0 radical (unpaired) electrons. The van der Waals surface area contributed by atoms with Gasteiger partial charge in [0.05, 0.1) is 11.0 Å². The average Bonchev–Trinajstić information content (AvgIpc) is 3.84. The van der Waals surface area contributed by atoms with Gasteiger partial charge >= 0.3 is 0 Å². The van der Waals surface area contributed by atoms with Crippen LogP contribution in [-0.4, -0.2) is 4.57 Å². The summed E-state index contributed by atoms with van der Waals surface area (Å²) >= 11 is 0. The van der Waals surface area contributed by atoms with Gasteiger partial charge in [-0.25, -0.2) is 0 Å². The number of anilines is 3. The lowest BCUT2D eigenvalue weighted by atomic mass is 9.81. The Kier molecular flexibility index (Phi) is 8.91. The number of hydrogen-bond acceptors (Lipinski definition) is 1. The molecule has 1 aromatic heterocycles. The zero-order chi connectivity index (χ0) is 44.6. The van der Waals surface area contributed by atoms with Crippen molar-refractivity contribution in [3.63, 3.8) is 0 Å². The molecule has 0 atom stereocenters. The first kappa shape index (κ1) is 39.0. The molecule has 0 N–H and O–H groups in total. The molecule has 67 heavy (non-hydrogen) atoms. The lowest BCUT2D eigenvalue weighted by Crippen LogP contribution is -2.14. The van der Waals surface area contributed by atoms with Gasteiger partial charge in [0.2, 0.25) is 0 Å². The average molecular weight is 855 g/mol. The molecule has 0 unspecified atom stereocenters. The van der Waals surface area contributed by atoms with Gasteiger partial charge in [0.25, 0.3) is 0 Å². The van der Waals surface area contributed by atoms with Gasteiger partial charge in [-0.05, 0) is 150 Å². The van der Waals surface area contributed by atoms with E-state index < -0.39 is 0 Å². The van der Waals surface area contributed by atoms with Crippen LogP contribution in [0.3, 0.4) is 0 Å². The molecule has 1 aliphatic rings. The lowest BCUT2D eigenvalue weighted by molar-refractivity contribution is 0.660. The number of benzene rings is 11. The highest BCUT2D eigenvalue weighted by Gasteiger charge is 2.35. The van der Waals surface area contributed by atoms with Crippen molar-refractivity contribution in [3.05, 3.63) is 254 Å². The maximum atomic E-state index is 2.42. The third kappa shape index (κ3) is 6.32. The summed E-state index contributed by atoms with van der Waals surface area (Å²) in [5, 5.41) is 7.58. The van der Waals surface area contributed by atoms with Gasteiger partial charge in [-0.3, -0.25) is 0 Å². The van der Waals surface area contributed by atoms with E-state index in [1.807, 2.05) is 0 Å². The molecule has 12 aromatic rings. The fourth-order valence-electron chi connectivity index (χ4n) is 11.0. The first-order valence-electron chi connectivity index (χ1n) is 23.3. The summed E-state index contributed by atoms with van der Waals surface area (Å²) in [6.07, 6.45) is 0. The Labute approximate surface area is 391 Å². The first-order valence-corrected chi connectivity index (χ1v) is 23.3. The second kappa shape index (κ2) is 15.3. The van der Waals surface area contributed by atoms with Crippen molar-refractivity contribution in [3.8, 4) is 50.2 Å². The Hall–Kier alpha value is -8.46. The highest BCUT2D eigenvalue weighted by atomic mass is 15.1. The second-order valence-electron chi connectivity index (χ2n) is 18.5. The van der Waals surface area contributed by atoms with Crippen LogP contribution in [0.15, 0.2) is 243 Å². The van der Waals surface area contributed by atoms with Crippen molar-refractivity contribution in [1.29, 1.82) is 0 Å². The van der Waals surface area contributed by atoms with E-state index in [1.54, 1.807) is 0 Å². The first-order chi connectivity index (χ1) is 33.0. The molecule has 0 fully saturated rings. The molecule has 0 saturated carbocycles. The number of rotatable bonds is 7. The molecule has 1 heterocycles. The predicted molar refractivity (Wildman–Crippen MR) is 284 cm³/mol. The van der Waals surface area contributed by atoms with Crippen molar-refractivity contribution in [2.45, 2.75) is 19.3 Å². The van der Waals surface area contributed by atoms with Crippen LogP contribution in [0.5, 0.6) is 0 Å². The summed E-state index contributed by atoms with van der Waals surface area (Å²) in [5.41, 5.74) is 19.5. The van der Waals surface area contributed by atoms with Gasteiger partial charge in [-0.15, -0.1) is 0 Å². The normalized spacial score (nSPS) is 12.7. The van der Waals surface area contributed by atoms with Gasteiger partial charge in [0.1, 0.15) is 0 Å². The zero-order valence-electron chi connectivity index (χ0n) is 37.5. The zero-order valence-corrected chi connectivity index (χ0v) is 37.5. The van der Waals surface area contributed by atoms with E-state index >= 15 is 0 Å². The highest BCUT2D eigenvalue weighted by molar-refractivity contribution is 6.12. The fraction of sp³-hybridized carbons (Fsp3) is 0.0462. The Morgan fingerprint density at radius 1 is 0.313 bits per heavy atom. The number of para-hydroxylation sites is 2. The van der Waals surface area contributed by atoms with Crippen LogP contribution in [0.1, 0.15) is 25.0 Å². The van der Waals surface area contributed by atoms with Crippen molar-refractivity contribution in [2.24, 2.45) is 0 Å². The summed E-state index contributed by atoms with van der Waals surface area (Å²) in [4.78, 5) is 2.40. The van der Waals surface area contributed by atoms with Crippen LogP contribution in [0.2, 0.25) is 0 Å². The third-order valence-electron chi connectivity index (χ3n) is 14.4. The largest absolute Gasteiger partial charge is 0.310 e. The maximum absolute atomic E-state index is 2.42. The van der Waals surface area contributed by atoms with Crippen molar-refractivity contribution in [2.75, 3.05) is 4.90 Å². The van der Waals surface area contributed by atoms with Crippen LogP contribution in [0.25, 0.3) is 93.5 Å². The molecule has 0 amide bonds. The Morgan fingerprint density at radius 2 is 0.910 bits per heavy atom. The van der Waals surface area contributed by atoms with Gasteiger partial charge in [0, 0.05) is 38.9 Å². The predicted octanol–water partition coefficient (Wildman–Crippen LogP) is 17.9. The van der Waals surface area contributed by atoms with Gasteiger partial charge < -0.3 is 9.47 Å². The smallest absolute Gasteiger partial charge is 0.0541 e. The Bertz CT molecular complexity index is 3870. The van der Waals surface area contributed by atoms with E-state index in [4.69, 9.17) is 0 Å². The molecule has 11 aromatic carbocycles. The minimum absolute atomic E-state index is 0.0737. The minimum atomic E-state index is -0.0737. The molecule has 0 spiro atoms. The van der Waals surface area contributed by atoms with Gasteiger partial charge in [0.15, 0.2) is 0 Å². The minimum Gasteiger partial charge on any atom is -0.310 e. The monoisotopic (exact) mass is 854 g/mol. The summed E-state index contributed by atoms with van der Waals surface area (Å²) in [5.74, 6) is 0. The molecular formula is C65H46N2.